The molecule has 126 valence electrons. The zero-order valence-electron chi connectivity index (χ0n) is 13.0. The Balaban J connectivity index is 1.63. The smallest absolute Gasteiger partial charge is 0.413 e. The molecule has 3 rings (SSSR count). The molecule has 0 radical (unpaired) electrons. The lowest BCUT2D eigenvalue weighted by atomic mass is 10.1. The van der Waals surface area contributed by atoms with E-state index < -0.39 is 6.09 Å². The van der Waals surface area contributed by atoms with E-state index in [9.17, 15) is 9.59 Å². The third-order valence-electron chi connectivity index (χ3n) is 3.74. The Kier molecular flexibility index (Phi) is 5.13. The van der Waals surface area contributed by atoms with E-state index >= 15 is 0 Å². The number of hydrogen-bond donors (Lipinski definition) is 1. The van der Waals surface area contributed by atoms with Gasteiger partial charge in [0.2, 0.25) is 0 Å². The molecule has 2 aromatic rings. The van der Waals surface area contributed by atoms with Crippen molar-refractivity contribution in [3.8, 4) is 0 Å². The first-order valence-corrected chi connectivity index (χ1v) is 8.59. The van der Waals surface area contributed by atoms with E-state index in [2.05, 4.69) is 19.9 Å². The van der Waals surface area contributed by atoms with E-state index in [4.69, 9.17) is 11.6 Å². The number of methoxy groups -OCH3 is 1. The van der Waals surface area contributed by atoms with Gasteiger partial charge in [0.15, 0.2) is 10.9 Å². The first-order chi connectivity index (χ1) is 11.5. The highest BCUT2D eigenvalue weighted by molar-refractivity contribution is 7.15. The van der Waals surface area contributed by atoms with Crippen LogP contribution in [0.1, 0.15) is 20.9 Å². The van der Waals surface area contributed by atoms with Gasteiger partial charge >= 0.3 is 6.09 Å². The molecule has 8 heteroatoms. The average molecular weight is 366 g/mol. The molecule has 0 bridgehead atoms. The largest absolute Gasteiger partial charge is 0.453 e. The highest BCUT2D eigenvalue weighted by atomic mass is 35.5. The standard InChI is InChI=1S/C16H16ClN3O3S/c1-23-16(22)19-15-18-12-6-7-20(9-14(12)24-15)8-13(21)10-2-4-11(17)5-3-10/h2-5H,6-9H2,1H3,(H,18,19,22). The second kappa shape index (κ2) is 7.29. The Labute approximate surface area is 148 Å². The zero-order chi connectivity index (χ0) is 17.1. The van der Waals surface area contributed by atoms with E-state index in [1.54, 1.807) is 24.3 Å². The minimum atomic E-state index is -0.532. The minimum Gasteiger partial charge on any atom is -0.453 e. The fraction of sp³-hybridized carbons (Fsp3) is 0.312. The Hall–Kier alpha value is -1.96. The number of thiazole rings is 1. The maximum absolute atomic E-state index is 12.4. The summed E-state index contributed by atoms with van der Waals surface area (Å²) < 4.78 is 4.57. The molecule has 1 aromatic carbocycles. The number of amides is 1. The SMILES string of the molecule is COC(=O)Nc1nc2c(s1)CN(CC(=O)c1ccc(Cl)cc1)CC2. The molecule has 1 aliphatic heterocycles. The monoisotopic (exact) mass is 365 g/mol. The molecule has 0 fully saturated rings. The first kappa shape index (κ1) is 16.9. The van der Waals surface area contributed by atoms with Gasteiger partial charge in [0.1, 0.15) is 0 Å². The summed E-state index contributed by atoms with van der Waals surface area (Å²) in [7, 11) is 1.31. The Bertz CT molecular complexity index is 760. The fourth-order valence-electron chi connectivity index (χ4n) is 2.51. The van der Waals surface area contributed by atoms with Crippen LogP contribution in [-0.2, 0) is 17.7 Å². The van der Waals surface area contributed by atoms with Crippen molar-refractivity contribution >= 4 is 39.9 Å². The molecule has 0 spiro atoms. The zero-order valence-corrected chi connectivity index (χ0v) is 14.6. The van der Waals surface area contributed by atoms with Gasteiger partial charge < -0.3 is 4.74 Å². The molecule has 0 atom stereocenters. The van der Waals surface area contributed by atoms with Crippen molar-refractivity contribution in [2.24, 2.45) is 0 Å². The van der Waals surface area contributed by atoms with Gasteiger partial charge in [-0.05, 0) is 24.3 Å². The summed E-state index contributed by atoms with van der Waals surface area (Å²) in [5.74, 6) is 0.0625. The van der Waals surface area contributed by atoms with Crippen LogP contribution in [0.2, 0.25) is 5.02 Å². The number of Topliss-reactive ketones (excluding diaryl/α,β-unsaturated/α-hetero) is 1. The van der Waals surface area contributed by atoms with Gasteiger partial charge in [-0.15, -0.1) is 0 Å². The number of nitrogens with one attached hydrogen (secondary N) is 1. The highest BCUT2D eigenvalue weighted by Crippen LogP contribution is 2.28. The van der Waals surface area contributed by atoms with Crippen LogP contribution >= 0.6 is 22.9 Å². The van der Waals surface area contributed by atoms with Crippen LogP contribution in [0, 0.1) is 0 Å². The van der Waals surface area contributed by atoms with Crippen LogP contribution in [0.3, 0.4) is 0 Å². The number of anilines is 1. The predicted octanol–water partition coefficient (Wildman–Crippen LogP) is 3.22. The highest BCUT2D eigenvalue weighted by Gasteiger charge is 2.23. The number of rotatable bonds is 4. The van der Waals surface area contributed by atoms with E-state index in [1.165, 1.54) is 18.4 Å². The number of ketones is 1. The molecule has 0 saturated heterocycles. The molecule has 0 aliphatic carbocycles. The number of carbonyl (C=O) groups excluding carboxylic acids is 2. The van der Waals surface area contributed by atoms with E-state index in [-0.39, 0.29) is 5.78 Å². The lowest BCUT2D eigenvalue weighted by Crippen LogP contribution is -2.34. The van der Waals surface area contributed by atoms with Crippen molar-refractivity contribution in [1.29, 1.82) is 0 Å². The number of nitrogens with zero attached hydrogens (tertiary/aromatic N) is 2. The van der Waals surface area contributed by atoms with Crippen molar-refractivity contribution in [2.45, 2.75) is 13.0 Å². The molecule has 1 aliphatic rings. The van der Waals surface area contributed by atoms with Gasteiger partial charge in [-0.2, -0.15) is 0 Å². The Morgan fingerprint density at radius 1 is 1.38 bits per heavy atom. The van der Waals surface area contributed by atoms with Crippen molar-refractivity contribution in [2.75, 3.05) is 25.5 Å². The van der Waals surface area contributed by atoms with E-state index in [1.807, 2.05) is 0 Å². The average Bonchev–Trinajstić information content (AvgIpc) is 2.96. The number of halogens is 1. The molecule has 1 N–H and O–H groups in total. The summed E-state index contributed by atoms with van der Waals surface area (Å²) in [5, 5.41) is 3.72. The summed E-state index contributed by atoms with van der Waals surface area (Å²) in [5.41, 5.74) is 1.63. The van der Waals surface area contributed by atoms with Gasteiger partial charge in [-0.1, -0.05) is 22.9 Å². The number of fused-ring (bicyclic) bond motifs is 1. The summed E-state index contributed by atoms with van der Waals surface area (Å²) in [6, 6.07) is 6.92. The lowest BCUT2D eigenvalue weighted by molar-refractivity contribution is 0.0922. The third-order valence-corrected chi connectivity index (χ3v) is 4.99. The van der Waals surface area contributed by atoms with Gasteiger partial charge in [0.05, 0.1) is 19.3 Å². The van der Waals surface area contributed by atoms with Crippen LogP contribution in [-0.4, -0.2) is 42.0 Å². The maximum Gasteiger partial charge on any atom is 0.413 e. The lowest BCUT2D eigenvalue weighted by Gasteiger charge is -2.25. The fourth-order valence-corrected chi connectivity index (χ4v) is 3.67. The number of hydrogen-bond acceptors (Lipinski definition) is 6. The van der Waals surface area contributed by atoms with Crippen molar-refractivity contribution in [3.05, 3.63) is 45.4 Å². The van der Waals surface area contributed by atoms with Crippen molar-refractivity contribution in [3.63, 3.8) is 0 Å². The summed E-state index contributed by atoms with van der Waals surface area (Å²) in [6.45, 7) is 1.75. The van der Waals surface area contributed by atoms with Crippen LogP contribution in [0.25, 0.3) is 0 Å². The summed E-state index contributed by atoms with van der Waals surface area (Å²) in [4.78, 5) is 31.2. The topological polar surface area (TPSA) is 71.5 Å². The normalized spacial score (nSPS) is 14.1. The Morgan fingerprint density at radius 3 is 2.83 bits per heavy atom. The van der Waals surface area contributed by atoms with Crippen LogP contribution < -0.4 is 5.32 Å². The van der Waals surface area contributed by atoms with Crippen LogP contribution in [0.5, 0.6) is 0 Å². The number of carbonyl (C=O) groups is 2. The molecule has 0 saturated carbocycles. The van der Waals surface area contributed by atoms with E-state index in [0.717, 1.165) is 23.5 Å². The van der Waals surface area contributed by atoms with Crippen LogP contribution in [0.15, 0.2) is 24.3 Å². The molecule has 1 amide bonds. The molecule has 2 heterocycles. The second-order valence-corrected chi connectivity index (χ2v) is 6.92. The molecule has 24 heavy (non-hydrogen) atoms. The van der Waals surface area contributed by atoms with Crippen molar-refractivity contribution in [1.82, 2.24) is 9.88 Å². The third kappa shape index (κ3) is 3.92. The van der Waals surface area contributed by atoms with E-state index in [0.29, 0.717) is 28.8 Å². The number of ether oxygens (including phenoxy) is 1. The Morgan fingerprint density at radius 2 is 2.12 bits per heavy atom. The van der Waals surface area contributed by atoms with Crippen LogP contribution in [0.4, 0.5) is 9.93 Å². The second-order valence-electron chi connectivity index (χ2n) is 5.40. The molecule has 1 aromatic heterocycles. The predicted molar refractivity (Wildman–Crippen MR) is 92.9 cm³/mol. The van der Waals surface area contributed by atoms with Gasteiger partial charge in [0.25, 0.3) is 0 Å². The minimum absolute atomic E-state index is 0.0625. The van der Waals surface area contributed by atoms with Gasteiger partial charge in [-0.25, -0.2) is 9.78 Å². The number of benzene rings is 1. The molecular formula is C16H16ClN3O3S. The van der Waals surface area contributed by atoms with Crippen molar-refractivity contribution < 1.29 is 14.3 Å². The summed E-state index contributed by atoms with van der Waals surface area (Å²) >= 11 is 7.26. The quantitative estimate of drug-likeness (QED) is 0.842. The maximum atomic E-state index is 12.4. The molecular weight excluding hydrogens is 350 g/mol. The number of aromatic nitrogens is 1. The molecule has 0 unspecified atom stereocenters. The summed E-state index contributed by atoms with van der Waals surface area (Å²) in [6.07, 6.45) is 0.221. The molecule has 6 nitrogen and oxygen atoms in total. The van der Waals surface area contributed by atoms with Gasteiger partial charge in [0, 0.05) is 35.0 Å². The van der Waals surface area contributed by atoms with Gasteiger partial charge in [-0.3, -0.25) is 15.0 Å². The first-order valence-electron chi connectivity index (χ1n) is 7.40.